The molecule has 0 aliphatic carbocycles. The predicted octanol–water partition coefficient (Wildman–Crippen LogP) is 2.75. The van der Waals surface area contributed by atoms with Gasteiger partial charge in [-0.2, -0.15) is 4.98 Å². The molecule has 6 heteroatoms. The summed E-state index contributed by atoms with van der Waals surface area (Å²) in [7, 11) is 0. The molecule has 3 rings (SSSR count). The lowest BCUT2D eigenvalue weighted by molar-refractivity contribution is 0.424. The molecule has 1 heterocycles. The molecule has 0 radical (unpaired) electrons. The number of benzene rings is 2. The maximum absolute atomic E-state index is 13.4. The van der Waals surface area contributed by atoms with E-state index in [1.165, 1.54) is 12.1 Å². The minimum Gasteiger partial charge on any atom is -0.508 e. The minimum atomic E-state index is -0.522. The molecule has 0 unspecified atom stereocenters. The molecular weight excluding hydrogens is 273 g/mol. The molecule has 5 nitrogen and oxygen atoms in total. The van der Waals surface area contributed by atoms with Gasteiger partial charge in [0.1, 0.15) is 11.6 Å². The van der Waals surface area contributed by atoms with Crippen molar-refractivity contribution in [2.45, 2.75) is 6.42 Å². The van der Waals surface area contributed by atoms with Crippen molar-refractivity contribution in [1.29, 1.82) is 0 Å². The van der Waals surface area contributed by atoms with Crippen molar-refractivity contribution in [3.63, 3.8) is 0 Å². The summed E-state index contributed by atoms with van der Waals surface area (Å²) >= 11 is 0. The molecule has 3 N–H and O–H groups in total. The Kier molecular flexibility index (Phi) is 3.27. The lowest BCUT2D eigenvalue weighted by Crippen LogP contribution is -1.95. The summed E-state index contributed by atoms with van der Waals surface area (Å²) in [6.07, 6.45) is 0.443. The molecule has 1 aromatic heterocycles. The van der Waals surface area contributed by atoms with Gasteiger partial charge in [0.15, 0.2) is 5.82 Å². The lowest BCUT2D eigenvalue weighted by atomic mass is 10.1. The van der Waals surface area contributed by atoms with Gasteiger partial charge in [0.25, 0.3) is 5.89 Å². The zero-order valence-corrected chi connectivity index (χ0v) is 11.0. The molecule has 2 aromatic carbocycles. The Morgan fingerprint density at radius 3 is 2.67 bits per heavy atom. The van der Waals surface area contributed by atoms with Gasteiger partial charge in [-0.15, -0.1) is 0 Å². The SMILES string of the molecule is Nc1c(F)cccc1-c1nc(Cc2ccc(O)cc2)no1. The second kappa shape index (κ2) is 5.24. The third-order valence-corrected chi connectivity index (χ3v) is 3.05. The second-order valence-corrected chi connectivity index (χ2v) is 4.56. The fraction of sp³-hybridized carbons (Fsp3) is 0.0667. The van der Waals surface area contributed by atoms with Crippen LogP contribution in [0.2, 0.25) is 0 Å². The van der Waals surface area contributed by atoms with E-state index >= 15 is 0 Å². The van der Waals surface area contributed by atoms with Gasteiger partial charge in [0.05, 0.1) is 11.3 Å². The van der Waals surface area contributed by atoms with Gasteiger partial charge >= 0.3 is 0 Å². The summed E-state index contributed by atoms with van der Waals surface area (Å²) in [5.74, 6) is 0.311. The third-order valence-electron chi connectivity index (χ3n) is 3.05. The average Bonchev–Trinajstić information content (AvgIpc) is 2.93. The van der Waals surface area contributed by atoms with E-state index in [9.17, 15) is 9.50 Å². The van der Waals surface area contributed by atoms with Crippen LogP contribution in [0.25, 0.3) is 11.5 Å². The normalized spacial score (nSPS) is 10.7. The highest BCUT2D eigenvalue weighted by atomic mass is 19.1. The number of nitrogens with two attached hydrogens (primary N) is 1. The maximum atomic E-state index is 13.4. The Bertz CT molecular complexity index is 769. The molecule has 0 aliphatic heterocycles. The number of aromatic nitrogens is 2. The number of aromatic hydroxyl groups is 1. The fourth-order valence-corrected chi connectivity index (χ4v) is 1.96. The minimum absolute atomic E-state index is 0.0164. The van der Waals surface area contributed by atoms with Crippen molar-refractivity contribution in [3.05, 3.63) is 59.7 Å². The van der Waals surface area contributed by atoms with Crippen LogP contribution in [-0.4, -0.2) is 15.2 Å². The monoisotopic (exact) mass is 285 g/mol. The van der Waals surface area contributed by atoms with Crippen LogP contribution in [0.5, 0.6) is 5.75 Å². The van der Waals surface area contributed by atoms with Crippen molar-refractivity contribution in [2.75, 3.05) is 5.73 Å². The van der Waals surface area contributed by atoms with E-state index in [4.69, 9.17) is 10.3 Å². The molecule has 0 bridgehead atoms. The molecule has 106 valence electrons. The summed E-state index contributed by atoms with van der Waals surface area (Å²) in [4.78, 5) is 4.21. The number of nitrogens with zero attached hydrogens (tertiary/aromatic N) is 2. The summed E-state index contributed by atoms with van der Waals surface area (Å²) < 4.78 is 18.5. The summed E-state index contributed by atoms with van der Waals surface area (Å²) in [6, 6.07) is 11.1. The zero-order chi connectivity index (χ0) is 14.8. The smallest absolute Gasteiger partial charge is 0.260 e. The third kappa shape index (κ3) is 2.69. The summed E-state index contributed by atoms with van der Waals surface area (Å²) in [6.45, 7) is 0. The molecule has 0 amide bonds. The summed E-state index contributed by atoms with van der Waals surface area (Å²) in [5.41, 5.74) is 6.94. The van der Waals surface area contributed by atoms with E-state index in [1.54, 1.807) is 30.3 Å². The van der Waals surface area contributed by atoms with E-state index in [-0.39, 0.29) is 17.3 Å². The highest BCUT2D eigenvalue weighted by molar-refractivity contribution is 5.70. The Labute approximate surface area is 119 Å². The Morgan fingerprint density at radius 1 is 1.14 bits per heavy atom. The molecule has 0 atom stereocenters. The first-order valence-electron chi connectivity index (χ1n) is 6.28. The molecular formula is C15H12FN3O2. The number of rotatable bonds is 3. The maximum Gasteiger partial charge on any atom is 0.260 e. The molecule has 21 heavy (non-hydrogen) atoms. The van der Waals surface area contributed by atoms with Gasteiger partial charge in [0.2, 0.25) is 0 Å². The highest BCUT2D eigenvalue weighted by Gasteiger charge is 2.14. The Hall–Kier alpha value is -2.89. The van der Waals surface area contributed by atoms with E-state index in [1.807, 2.05) is 0 Å². The zero-order valence-electron chi connectivity index (χ0n) is 11.0. The van der Waals surface area contributed by atoms with Gasteiger partial charge in [-0.1, -0.05) is 23.4 Å². The number of anilines is 1. The van der Waals surface area contributed by atoms with Gasteiger partial charge < -0.3 is 15.4 Å². The number of para-hydroxylation sites is 1. The van der Waals surface area contributed by atoms with Crippen molar-refractivity contribution in [2.24, 2.45) is 0 Å². The first kappa shape index (κ1) is 13.1. The molecule has 0 saturated carbocycles. The van der Waals surface area contributed by atoms with Crippen LogP contribution >= 0.6 is 0 Å². The fourth-order valence-electron chi connectivity index (χ4n) is 1.96. The number of hydrogen-bond acceptors (Lipinski definition) is 5. The van der Waals surface area contributed by atoms with Crippen LogP contribution in [0.15, 0.2) is 47.0 Å². The van der Waals surface area contributed by atoms with Crippen molar-refractivity contribution in [3.8, 4) is 17.2 Å². The number of halogens is 1. The Morgan fingerprint density at radius 2 is 1.90 bits per heavy atom. The van der Waals surface area contributed by atoms with E-state index in [0.29, 0.717) is 17.8 Å². The number of hydrogen-bond donors (Lipinski definition) is 2. The van der Waals surface area contributed by atoms with Gasteiger partial charge in [-0.3, -0.25) is 0 Å². The first-order valence-corrected chi connectivity index (χ1v) is 6.28. The lowest BCUT2D eigenvalue weighted by Gasteiger charge is -2.00. The van der Waals surface area contributed by atoms with Crippen LogP contribution in [0.4, 0.5) is 10.1 Å². The Balaban J connectivity index is 1.86. The highest BCUT2D eigenvalue weighted by Crippen LogP contribution is 2.26. The van der Waals surface area contributed by atoms with Crippen molar-refractivity contribution >= 4 is 5.69 Å². The van der Waals surface area contributed by atoms with Crippen LogP contribution in [0.1, 0.15) is 11.4 Å². The van der Waals surface area contributed by atoms with Crippen LogP contribution in [0, 0.1) is 5.82 Å². The quantitative estimate of drug-likeness (QED) is 0.723. The molecule has 3 aromatic rings. The molecule has 0 fully saturated rings. The van der Waals surface area contributed by atoms with Gasteiger partial charge in [-0.25, -0.2) is 4.39 Å². The topological polar surface area (TPSA) is 85.2 Å². The molecule has 0 spiro atoms. The van der Waals surface area contributed by atoms with Crippen LogP contribution < -0.4 is 5.73 Å². The van der Waals surface area contributed by atoms with E-state index in [0.717, 1.165) is 5.56 Å². The van der Waals surface area contributed by atoms with Crippen molar-refractivity contribution in [1.82, 2.24) is 10.1 Å². The van der Waals surface area contributed by atoms with Gasteiger partial charge in [0, 0.05) is 6.42 Å². The standard InChI is InChI=1S/C15H12FN3O2/c16-12-3-1-2-11(14(12)17)15-18-13(19-21-15)8-9-4-6-10(20)7-5-9/h1-7,20H,8,17H2. The summed E-state index contributed by atoms with van der Waals surface area (Å²) in [5, 5.41) is 13.1. The molecule has 0 aliphatic rings. The number of phenols is 1. The average molecular weight is 285 g/mol. The van der Waals surface area contributed by atoms with Crippen LogP contribution in [0.3, 0.4) is 0 Å². The number of nitrogen functional groups attached to an aromatic ring is 1. The van der Waals surface area contributed by atoms with Crippen LogP contribution in [-0.2, 0) is 6.42 Å². The number of phenolic OH excluding ortho intramolecular Hbond substituents is 1. The van der Waals surface area contributed by atoms with Gasteiger partial charge in [-0.05, 0) is 29.8 Å². The largest absolute Gasteiger partial charge is 0.508 e. The second-order valence-electron chi connectivity index (χ2n) is 4.56. The molecule has 0 saturated heterocycles. The first-order chi connectivity index (χ1) is 10.1. The van der Waals surface area contributed by atoms with E-state index < -0.39 is 5.82 Å². The predicted molar refractivity (Wildman–Crippen MR) is 75.0 cm³/mol. The van der Waals surface area contributed by atoms with E-state index in [2.05, 4.69) is 10.1 Å². The van der Waals surface area contributed by atoms with Crippen molar-refractivity contribution < 1.29 is 14.0 Å².